The summed E-state index contributed by atoms with van der Waals surface area (Å²) in [4.78, 5) is 0. The molecule has 1 unspecified atom stereocenters. The first-order chi connectivity index (χ1) is 7.20. The highest BCUT2D eigenvalue weighted by Gasteiger charge is 2.10. The lowest BCUT2D eigenvalue weighted by Gasteiger charge is -2.08. The van der Waals surface area contributed by atoms with Crippen LogP contribution in [0.2, 0.25) is 0 Å². The third-order valence-corrected chi connectivity index (χ3v) is 2.93. The number of aromatic nitrogens is 2. The summed E-state index contributed by atoms with van der Waals surface area (Å²) in [5.74, 6) is 0. The molecule has 1 aromatic heterocycles. The molecule has 0 N–H and O–H groups in total. The summed E-state index contributed by atoms with van der Waals surface area (Å²) >= 11 is -2.27. The lowest BCUT2D eigenvalue weighted by atomic mass is 10.1. The second-order valence-corrected chi connectivity index (χ2v) is 3.94. The van der Waals surface area contributed by atoms with Crippen LogP contribution in [0.4, 0.5) is 0 Å². The van der Waals surface area contributed by atoms with Crippen LogP contribution in [0.15, 0.2) is 41.6 Å². The summed E-state index contributed by atoms with van der Waals surface area (Å²) in [7, 11) is 1.61. The van der Waals surface area contributed by atoms with Crippen molar-refractivity contribution in [2.75, 3.05) is 0 Å². The van der Waals surface area contributed by atoms with Gasteiger partial charge in [-0.3, -0.25) is 8.89 Å². The Morgan fingerprint density at radius 1 is 1.33 bits per heavy atom. The molecule has 15 heavy (non-hydrogen) atoms. The highest BCUT2D eigenvalue weighted by molar-refractivity contribution is 7.79. The van der Waals surface area contributed by atoms with E-state index in [4.69, 9.17) is 0 Å². The molecular weight excluding hydrogens is 212 g/mol. The molecule has 2 rings (SSSR count). The number of nitrogens with zero attached hydrogens (tertiary/aromatic N) is 2. The zero-order chi connectivity index (χ0) is 10.8. The van der Waals surface area contributed by atoms with Crippen molar-refractivity contribution in [3.8, 4) is 11.1 Å². The van der Waals surface area contributed by atoms with Crippen LogP contribution in [0.25, 0.3) is 11.1 Å². The Morgan fingerprint density at radius 3 is 2.60 bits per heavy atom. The third kappa shape index (κ3) is 1.84. The Balaban J connectivity index is 2.59. The predicted octanol–water partition coefficient (Wildman–Crippen LogP) is 1.33. The molecule has 0 spiro atoms. The molecule has 0 fully saturated rings. The number of hydrogen-bond donors (Lipinski definition) is 0. The third-order valence-electron chi connectivity index (χ3n) is 2.13. The first-order valence-electron chi connectivity index (χ1n) is 4.37. The van der Waals surface area contributed by atoms with Gasteiger partial charge in [0.2, 0.25) is 0 Å². The Hall–Kier alpha value is -1.46. The molecule has 2 aromatic rings. The zero-order valence-corrected chi connectivity index (χ0v) is 8.90. The van der Waals surface area contributed by atoms with Crippen molar-refractivity contribution in [2.45, 2.75) is 5.03 Å². The van der Waals surface area contributed by atoms with Gasteiger partial charge in [-0.05, 0) is 16.6 Å². The van der Waals surface area contributed by atoms with E-state index < -0.39 is 11.1 Å². The van der Waals surface area contributed by atoms with Crippen LogP contribution in [0.3, 0.4) is 0 Å². The van der Waals surface area contributed by atoms with Gasteiger partial charge < -0.3 is 4.55 Å². The quantitative estimate of drug-likeness (QED) is 0.719. The number of benzene rings is 1. The van der Waals surface area contributed by atoms with Crippen molar-refractivity contribution in [2.24, 2.45) is 7.05 Å². The van der Waals surface area contributed by atoms with E-state index in [1.54, 1.807) is 13.2 Å². The van der Waals surface area contributed by atoms with Crippen LogP contribution < -0.4 is 0 Å². The van der Waals surface area contributed by atoms with Crippen LogP contribution in [-0.2, 0) is 18.1 Å². The maximum Gasteiger partial charge on any atom is 0.118 e. The topological polar surface area (TPSA) is 58.0 Å². The molecule has 0 bridgehead atoms. The Labute approximate surface area is 89.8 Å². The predicted molar refractivity (Wildman–Crippen MR) is 55.8 cm³/mol. The van der Waals surface area contributed by atoms with Gasteiger partial charge in [0, 0.05) is 12.6 Å². The molecule has 0 aliphatic rings. The van der Waals surface area contributed by atoms with E-state index in [-0.39, 0.29) is 5.03 Å². The van der Waals surface area contributed by atoms with Crippen LogP contribution in [0.1, 0.15) is 0 Å². The second kappa shape index (κ2) is 3.96. The first-order valence-corrected chi connectivity index (χ1v) is 5.44. The fourth-order valence-corrected chi connectivity index (χ4v) is 2.05. The average Bonchev–Trinajstić information content (AvgIpc) is 2.61. The molecule has 0 amide bonds. The lowest BCUT2D eigenvalue weighted by Crippen LogP contribution is -2.01. The number of rotatable bonds is 2. The Bertz CT molecular complexity index is 493. The largest absolute Gasteiger partial charge is 0.767 e. The molecule has 0 saturated carbocycles. The van der Waals surface area contributed by atoms with E-state index in [9.17, 15) is 8.76 Å². The van der Waals surface area contributed by atoms with Crippen molar-refractivity contribution in [1.29, 1.82) is 0 Å². The van der Waals surface area contributed by atoms with Gasteiger partial charge in [-0.2, -0.15) is 5.10 Å². The Morgan fingerprint density at radius 2 is 2.00 bits per heavy atom. The van der Waals surface area contributed by atoms with Crippen LogP contribution >= 0.6 is 0 Å². The van der Waals surface area contributed by atoms with Crippen molar-refractivity contribution in [1.82, 2.24) is 9.78 Å². The Kier molecular flexibility index (Phi) is 2.66. The van der Waals surface area contributed by atoms with Gasteiger partial charge in [-0.1, -0.05) is 30.3 Å². The normalized spacial score (nSPS) is 12.7. The van der Waals surface area contributed by atoms with E-state index in [1.807, 2.05) is 30.3 Å². The second-order valence-electron chi connectivity index (χ2n) is 3.09. The number of hydrogen-bond acceptors (Lipinski definition) is 3. The highest BCUT2D eigenvalue weighted by Crippen LogP contribution is 2.24. The maximum absolute atomic E-state index is 11.0. The van der Waals surface area contributed by atoms with Crippen molar-refractivity contribution >= 4 is 11.1 Å². The van der Waals surface area contributed by atoms with Gasteiger partial charge in [0.1, 0.15) is 5.03 Å². The molecule has 1 heterocycles. The number of aryl methyl sites for hydroxylation is 1. The van der Waals surface area contributed by atoms with E-state index >= 15 is 0 Å². The zero-order valence-electron chi connectivity index (χ0n) is 8.08. The summed E-state index contributed by atoms with van der Waals surface area (Å²) in [6.07, 6.45) is 1.56. The van der Waals surface area contributed by atoms with Gasteiger partial charge in [-0.25, -0.2) is 0 Å². The minimum absolute atomic E-state index is 0.209. The summed E-state index contributed by atoms with van der Waals surface area (Å²) in [5.41, 5.74) is 1.48. The van der Waals surface area contributed by atoms with Gasteiger partial charge in [-0.15, -0.1) is 0 Å². The van der Waals surface area contributed by atoms with Crippen molar-refractivity contribution < 1.29 is 8.76 Å². The molecule has 0 radical (unpaired) electrons. The SMILES string of the molecule is Cn1ncc(-c2ccccc2)c1S(=O)[O-]. The molecule has 4 nitrogen and oxygen atoms in total. The molecule has 0 aliphatic carbocycles. The van der Waals surface area contributed by atoms with Gasteiger partial charge in [0.25, 0.3) is 0 Å². The molecule has 0 saturated heterocycles. The van der Waals surface area contributed by atoms with Gasteiger partial charge in [0.05, 0.1) is 6.20 Å². The minimum atomic E-state index is -2.27. The van der Waals surface area contributed by atoms with Crippen LogP contribution in [0, 0.1) is 0 Å². The fourth-order valence-electron chi connectivity index (χ4n) is 1.44. The van der Waals surface area contributed by atoms with E-state index in [1.165, 1.54) is 4.68 Å². The molecule has 78 valence electrons. The minimum Gasteiger partial charge on any atom is -0.767 e. The standard InChI is InChI=1S/C10H10N2O2S/c1-12-10(15(13)14)9(7-11-12)8-5-3-2-4-6-8/h2-7H,1H3,(H,13,14)/p-1. The fraction of sp³-hybridized carbons (Fsp3) is 0.100. The van der Waals surface area contributed by atoms with Crippen molar-refractivity contribution in [3.05, 3.63) is 36.5 Å². The van der Waals surface area contributed by atoms with Gasteiger partial charge >= 0.3 is 0 Å². The van der Waals surface area contributed by atoms with Gasteiger partial charge in [0.15, 0.2) is 0 Å². The molecule has 1 atom stereocenters. The lowest BCUT2D eigenvalue weighted by molar-refractivity contribution is 0.523. The summed E-state index contributed by atoms with van der Waals surface area (Å²) < 4.78 is 23.4. The first kappa shape index (κ1) is 10.1. The maximum atomic E-state index is 11.0. The summed E-state index contributed by atoms with van der Waals surface area (Å²) in [6.45, 7) is 0. The van der Waals surface area contributed by atoms with E-state index in [2.05, 4.69) is 5.10 Å². The average molecular weight is 221 g/mol. The molecule has 5 heteroatoms. The van der Waals surface area contributed by atoms with Crippen LogP contribution in [-0.4, -0.2) is 18.5 Å². The molecule has 1 aromatic carbocycles. The molecular formula is C10H9N2O2S-. The van der Waals surface area contributed by atoms with E-state index in [0.29, 0.717) is 5.56 Å². The van der Waals surface area contributed by atoms with Crippen LogP contribution in [0.5, 0.6) is 0 Å². The monoisotopic (exact) mass is 221 g/mol. The highest BCUT2D eigenvalue weighted by atomic mass is 32.2. The van der Waals surface area contributed by atoms with Crippen molar-refractivity contribution in [3.63, 3.8) is 0 Å². The summed E-state index contributed by atoms with van der Waals surface area (Å²) in [5, 5.41) is 4.15. The van der Waals surface area contributed by atoms with E-state index in [0.717, 1.165) is 5.56 Å². The summed E-state index contributed by atoms with van der Waals surface area (Å²) in [6, 6.07) is 9.31. The smallest absolute Gasteiger partial charge is 0.118 e. The molecule has 0 aliphatic heterocycles.